The maximum atomic E-state index is 6.26. The van der Waals surface area contributed by atoms with Crippen molar-refractivity contribution < 1.29 is 9.64 Å². The van der Waals surface area contributed by atoms with Crippen LogP contribution in [0.2, 0.25) is 5.02 Å². The van der Waals surface area contributed by atoms with Gasteiger partial charge in [-0.3, -0.25) is 0 Å². The number of aromatic nitrogens is 4. The maximum absolute atomic E-state index is 6.26. The Morgan fingerprint density at radius 1 is 1.27 bits per heavy atom. The van der Waals surface area contributed by atoms with Crippen LogP contribution in [0.25, 0.3) is 0 Å². The summed E-state index contributed by atoms with van der Waals surface area (Å²) in [5, 5.41) is 13.7. The van der Waals surface area contributed by atoms with Gasteiger partial charge in [-0.05, 0) is 53.8 Å². The van der Waals surface area contributed by atoms with Gasteiger partial charge in [0, 0.05) is 23.7 Å². The Bertz CT molecular complexity index is 827. The highest BCUT2D eigenvalue weighted by Gasteiger charge is 2.34. The molecule has 4 rings (SSSR count). The van der Waals surface area contributed by atoms with Crippen molar-refractivity contribution in [3.8, 4) is 0 Å². The molecule has 1 aromatic carbocycles. The van der Waals surface area contributed by atoms with Crippen molar-refractivity contribution in [1.82, 2.24) is 20.2 Å². The van der Waals surface area contributed by atoms with Crippen LogP contribution in [0.4, 0.5) is 5.69 Å². The van der Waals surface area contributed by atoms with Crippen molar-refractivity contribution in [1.29, 1.82) is 0 Å². The average Bonchev–Trinajstić information content (AvgIpc) is 3.41. The van der Waals surface area contributed by atoms with Crippen molar-refractivity contribution in [2.45, 2.75) is 58.7 Å². The smallest absolute Gasteiger partial charge is 0.209 e. The van der Waals surface area contributed by atoms with Gasteiger partial charge in [0.05, 0.1) is 38.8 Å². The predicted octanol–water partition coefficient (Wildman–Crippen LogP) is 2.31. The van der Waals surface area contributed by atoms with Gasteiger partial charge in [-0.25, -0.2) is 4.68 Å². The van der Waals surface area contributed by atoms with E-state index in [0.29, 0.717) is 12.0 Å². The first-order chi connectivity index (χ1) is 14.5. The summed E-state index contributed by atoms with van der Waals surface area (Å²) >= 11 is 6.26. The second-order valence-electron chi connectivity index (χ2n) is 9.11. The molecule has 164 valence electrons. The second kappa shape index (κ2) is 9.62. The van der Waals surface area contributed by atoms with Gasteiger partial charge in [-0.15, -0.1) is 5.10 Å². The SMILES string of the molecule is Cc1ccc(Cl)cc1N1CC[NH+]([C@H](CC(C)C)c2nnnn2C[C@@H]2CCCO2)CC1. The van der Waals surface area contributed by atoms with Crippen LogP contribution in [0, 0.1) is 12.8 Å². The van der Waals surface area contributed by atoms with E-state index in [1.165, 1.54) is 11.3 Å². The van der Waals surface area contributed by atoms with Crippen LogP contribution in [0.3, 0.4) is 0 Å². The van der Waals surface area contributed by atoms with Gasteiger partial charge in [0.2, 0.25) is 5.82 Å². The van der Waals surface area contributed by atoms with Crippen LogP contribution < -0.4 is 9.80 Å². The first-order valence-electron chi connectivity index (χ1n) is 11.2. The molecule has 3 heterocycles. The molecule has 8 heteroatoms. The van der Waals surface area contributed by atoms with Crippen molar-refractivity contribution in [3.63, 3.8) is 0 Å². The molecule has 0 saturated carbocycles. The molecule has 2 atom stereocenters. The third-order valence-electron chi connectivity index (χ3n) is 6.39. The lowest BCUT2D eigenvalue weighted by atomic mass is 10.0. The van der Waals surface area contributed by atoms with Crippen molar-refractivity contribution in [2.75, 3.05) is 37.7 Å². The number of piperazine rings is 1. The van der Waals surface area contributed by atoms with E-state index in [4.69, 9.17) is 16.3 Å². The summed E-state index contributed by atoms with van der Waals surface area (Å²) in [6.07, 6.45) is 3.55. The van der Waals surface area contributed by atoms with Crippen LogP contribution in [-0.4, -0.2) is 59.1 Å². The van der Waals surface area contributed by atoms with E-state index in [1.54, 1.807) is 4.90 Å². The largest absolute Gasteiger partial charge is 0.376 e. The normalized spacial score (nSPS) is 21.5. The first-order valence-corrected chi connectivity index (χ1v) is 11.6. The molecule has 2 saturated heterocycles. The minimum Gasteiger partial charge on any atom is -0.376 e. The quantitative estimate of drug-likeness (QED) is 0.726. The van der Waals surface area contributed by atoms with Crippen LogP contribution in [0.1, 0.15) is 50.5 Å². The van der Waals surface area contributed by atoms with Gasteiger partial charge in [0.25, 0.3) is 0 Å². The average molecular weight is 434 g/mol. The lowest BCUT2D eigenvalue weighted by molar-refractivity contribution is -0.934. The number of rotatable bonds is 7. The minimum absolute atomic E-state index is 0.240. The summed E-state index contributed by atoms with van der Waals surface area (Å²) < 4.78 is 7.83. The molecule has 0 aliphatic carbocycles. The zero-order chi connectivity index (χ0) is 21.1. The zero-order valence-corrected chi connectivity index (χ0v) is 19.1. The summed E-state index contributed by atoms with van der Waals surface area (Å²) in [6, 6.07) is 6.48. The topological polar surface area (TPSA) is 60.5 Å². The highest BCUT2D eigenvalue weighted by molar-refractivity contribution is 6.30. The predicted molar refractivity (Wildman–Crippen MR) is 118 cm³/mol. The van der Waals surface area contributed by atoms with Crippen molar-refractivity contribution in [3.05, 3.63) is 34.6 Å². The summed E-state index contributed by atoms with van der Waals surface area (Å²) in [5.74, 6) is 1.60. The van der Waals surface area contributed by atoms with Gasteiger partial charge in [0.1, 0.15) is 6.04 Å². The number of anilines is 1. The van der Waals surface area contributed by atoms with E-state index in [9.17, 15) is 0 Å². The summed E-state index contributed by atoms with van der Waals surface area (Å²) in [5.41, 5.74) is 2.53. The molecule has 1 N–H and O–H groups in total. The van der Waals surface area contributed by atoms with Gasteiger partial charge in [-0.1, -0.05) is 31.5 Å². The van der Waals surface area contributed by atoms with E-state index < -0.39 is 0 Å². The van der Waals surface area contributed by atoms with E-state index >= 15 is 0 Å². The highest BCUT2D eigenvalue weighted by Crippen LogP contribution is 2.25. The Kier molecular flexibility index (Phi) is 6.91. The van der Waals surface area contributed by atoms with Gasteiger partial charge < -0.3 is 14.5 Å². The molecular weight excluding hydrogens is 400 g/mol. The molecule has 0 spiro atoms. The van der Waals surface area contributed by atoms with E-state index in [1.807, 2.05) is 10.7 Å². The summed E-state index contributed by atoms with van der Waals surface area (Å²) in [4.78, 5) is 4.04. The molecule has 0 amide bonds. The molecule has 2 aliphatic rings. The molecule has 7 nitrogen and oxygen atoms in total. The van der Waals surface area contributed by atoms with Crippen LogP contribution in [-0.2, 0) is 11.3 Å². The van der Waals surface area contributed by atoms with Crippen LogP contribution in [0.5, 0.6) is 0 Å². The molecule has 1 aromatic heterocycles. The second-order valence-corrected chi connectivity index (χ2v) is 9.55. The lowest BCUT2D eigenvalue weighted by Crippen LogP contribution is -3.15. The zero-order valence-electron chi connectivity index (χ0n) is 18.4. The van der Waals surface area contributed by atoms with E-state index in [-0.39, 0.29) is 6.10 Å². The number of nitrogens with one attached hydrogen (secondary N) is 1. The lowest BCUT2D eigenvalue weighted by Gasteiger charge is -2.38. The fraction of sp³-hybridized carbons (Fsp3) is 0.682. The number of tetrazole rings is 1. The van der Waals surface area contributed by atoms with Crippen molar-refractivity contribution >= 4 is 17.3 Å². The minimum atomic E-state index is 0.240. The highest BCUT2D eigenvalue weighted by atomic mass is 35.5. The molecule has 2 fully saturated rings. The number of hydrogen-bond acceptors (Lipinski definition) is 5. The Morgan fingerprint density at radius 3 is 2.77 bits per heavy atom. The molecule has 30 heavy (non-hydrogen) atoms. The fourth-order valence-electron chi connectivity index (χ4n) is 4.80. The number of quaternary nitrogens is 1. The molecule has 2 aliphatic heterocycles. The Morgan fingerprint density at radius 2 is 2.07 bits per heavy atom. The first kappa shape index (κ1) is 21.5. The number of aryl methyl sites for hydroxylation is 1. The van der Waals surface area contributed by atoms with Gasteiger partial charge in [-0.2, -0.15) is 0 Å². The molecule has 0 radical (unpaired) electrons. The third-order valence-corrected chi connectivity index (χ3v) is 6.62. The molecule has 2 aromatic rings. The Balaban J connectivity index is 1.48. The Labute approximate surface area is 184 Å². The molecular formula is C22H34ClN6O+. The van der Waals surface area contributed by atoms with Crippen LogP contribution >= 0.6 is 11.6 Å². The number of hydrogen-bond donors (Lipinski definition) is 1. The van der Waals surface area contributed by atoms with E-state index in [0.717, 1.165) is 69.4 Å². The monoisotopic (exact) mass is 433 g/mol. The fourth-order valence-corrected chi connectivity index (χ4v) is 4.97. The number of halogens is 1. The van der Waals surface area contributed by atoms with Gasteiger partial charge >= 0.3 is 0 Å². The number of nitrogens with zero attached hydrogens (tertiary/aromatic N) is 5. The molecule has 0 bridgehead atoms. The van der Waals surface area contributed by atoms with E-state index in [2.05, 4.69) is 53.3 Å². The number of ether oxygens (including phenoxy) is 1. The maximum Gasteiger partial charge on any atom is 0.209 e. The van der Waals surface area contributed by atoms with Crippen LogP contribution in [0.15, 0.2) is 18.2 Å². The summed E-state index contributed by atoms with van der Waals surface area (Å²) in [7, 11) is 0. The Hall–Kier alpha value is -1.70. The summed E-state index contributed by atoms with van der Waals surface area (Å²) in [6.45, 7) is 12.5. The van der Waals surface area contributed by atoms with Crippen molar-refractivity contribution in [2.24, 2.45) is 5.92 Å². The standard InChI is InChI=1S/C22H33ClN6O/c1-16(2)13-21(22-24-25-26-29(22)15-19-5-4-12-30-19)28-10-8-27(9-11-28)20-14-18(23)7-6-17(20)3/h6-7,14,16,19,21H,4-5,8-13,15H2,1-3H3/p+1/t19-,21+/m0/s1. The van der Waals surface area contributed by atoms with Gasteiger partial charge in [0.15, 0.2) is 0 Å². The number of benzene rings is 1. The third kappa shape index (κ3) is 4.95. The molecule has 0 unspecified atom stereocenters.